The fourth-order valence-corrected chi connectivity index (χ4v) is 2.70. The number of benzene rings is 1. The van der Waals surface area contributed by atoms with E-state index in [4.69, 9.17) is 16.9 Å². The molecule has 0 saturated carbocycles. The first-order valence-corrected chi connectivity index (χ1v) is 6.31. The van der Waals surface area contributed by atoms with E-state index in [9.17, 15) is 10.1 Å². The number of nitrogens with zero attached hydrogens (tertiary/aromatic N) is 4. The molecule has 6 nitrogen and oxygen atoms in total. The van der Waals surface area contributed by atoms with Crippen molar-refractivity contribution in [2.75, 3.05) is 17.2 Å². The number of anilines is 1. The number of halogens is 1. The first kappa shape index (κ1) is 12.7. The summed E-state index contributed by atoms with van der Waals surface area (Å²) >= 11 is 7.25. The first-order valence-electron chi connectivity index (χ1n) is 4.94. The van der Waals surface area contributed by atoms with E-state index in [1.54, 1.807) is 11.1 Å². The summed E-state index contributed by atoms with van der Waals surface area (Å²) in [5.74, 6) is 0.726. The van der Waals surface area contributed by atoms with Gasteiger partial charge in [-0.1, -0.05) is 23.4 Å². The number of rotatable bonds is 2. The van der Waals surface area contributed by atoms with Crippen molar-refractivity contribution in [3.8, 4) is 6.19 Å². The third-order valence-electron chi connectivity index (χ3n) is 2.35. The Morgan fingerprint density at radius 2 is 2.39 bits per heavy atom. The number of nitro groups is 1. The van der Waals surface area contributed by atoms with Crippen molar-refractivity contribution in [1.82, 2.24) is 0 Å². The van der Waals surface area contributed by atoms with Gasteiger partial charge in [0.25, 0.3) is 5.69 Å². The Morgan fingerprint density at radius 3 is 3.06 bits per heavy atom. The molecule has 0 atom stereocenters. The van der Waals surface area contributed by atoms with Crippen LogP contribution in [0.5, 0.6) is 0 Å². The van der Waals surface area contributed by atoms with Crippen LogP contribution < -0.4 is 4.90 Å². The Bertz CT molecular complexity index is 569. The maximum Gasteiger partial charge on any atom is 0.293 e. The van der Waals surface area contributed by atoms with Gasteiger partial charge >= 0.3 is 0 Å². The highest BCUT2D eigenvalue weighted by Gasteiger charge is 2.27. The number of nitro benzene ring substituents is 1. The lowest BCUT2D eigenvalue weighted by Gasteiger charge is -2.17. The van der Waals surface area contributed by atoms with Gasteiger partial charge in [0, 0.05) is 23.4 Å². The van der Waals surface area contributed by atoms with E-state index in [0.717, 1.165) is 5.75 Å². The van der Waals surface area contributed by atoms with E-state index in [0.29, 0.717) is 22.4 Å². The van der Waals surface area contributed by atoms with Gasteiger partial charge in [-0.25, -0.2) is 0 Å². The van der Waals surface area contributed by atoms with Crippen molar-refractivity contribution in [3.05, 3.63) is 33.3 Å². The third kappa shape index (κ3) is 2.39. The summed E-state index contributed by atoms with van der Waals surface area (Å²) in [6, 6.07) is 4.33. The van der Waals surface area contributed by atoms with E-state index in [-0.39, 0.29) is 5.69 Å². The lowest BCUT2D eigenvalue weighted by Crippen LogP contribution is -2.24. The van der Waals surface area contributed by atoms with Gasteiger partial charge in [-0.15, -0.1) is 4.99 Å². The van der Waals surface area contributed by atoms with Crippen LogP contribution in [-0.4, -0.2) is 22.4 Å². The van der Waals surface area contributed by atoms with Crippen molar-refractivity contribution in [2.24, 2.45) is 4.99 Å². The summed E-state index contributed by atoms with van der Waals surface area (Å²) in [5, 5.41) is 20.4. The summed E-state index contributed by atoms with van der Waals surface area (Å²) in [7, 11) is 0. The average Bonchev–Trinajstić information content (AvgIpc) is 2.77. The average molecular weight is 283 g/mol. The van der Waals surface area contributed by atoms with Gasteiger partial charge in [0.2, 0.25) is 6.19 Å². The van der Waals surface area contributed by atoms with Crippen LogP contribution in [0.1, 0.15) is 0 Å². The Hall–Kier alpha value is -1.78. The van der Waals surface area contributed by atoms with Gasteiger partial charge < -0.3 is 4.90 Å². The van der Waals surface area contributed by atoms with Gasteiger partial charge in [-0.2, -0.15) is 5.26 Å². The molecule has 1 aliphatic rings. The molecule has 1 aromatic carbocycles. The highest BCUT2D eigenvalue weighted by atomic mass is 35.5. The summed E-state index contributed by atoms with van der Waals surface area (Å²) in [6.07, 6.45) is 1.70. The minimum Gasteiger partial charge on any atom is -0.314 e. The molecule has 92 valence electrons. The second-order valence-corrected chi connectivity index (χ2v) is 4.88. The Labute approximate surface area is 112 Å². The molecule has 0 aliphatic carbocycles. The predicted molar refractivity (Wildman–Crippen MR) is 71.0 cm³/mol. The largest absolute Gasteiger partial charge is 0.314 e. The molecule has 8 heteroatoms. The molecule has 1 aromatic rings. The molecule has 18 heavy (non-hydrogen) atoms. The zero-order valence-electron chi connectivity index (χ0n) is 9.04. The minimum absolute atomic E-state index is 0.0486. The normalized spacial score (nSPS) is 16.9. The smallest absolute Gasteiger partial charge is 0.293 e. The van der Waals surface area contributed by atoms with Crippen LogP contribution in [0.2, 0.25) is 5.02 Å². The molecule has 0 bridgehead atoms. The zero-order valence-corrected chi connectivity index (χ0v) is 10.6. The molecule has 1 fully saturated rings. The SMILES string of the molecule is N#CN=C1SCCN1c1cc(Cl)ccc1[N+](=O)[O-]. The summed E-state index contributed by atoms with van der Waals surface area (Å²) in [4.78, 5) is 15.8. The molecule has 0 N–H and O–H groups in total. The van der Waals surface area contributed by atoms with Crippen LogP contribution in [-0.2, 0) is 0 Å². The molecule has 0 radical (unpaired) electrons. The lowest BCUT2D eigenvalue weighted by molar-refractivity contribution is -0.384. The van der Waals surface area contributed by atoms with Crippen LogP contribution in [0.3, 0.4) is 0 Å². The van der Waals surface area contributed by atoms with Gasteiger partial charge in [-0.05, 0) is 12.1 Å². The maximum atomic E-state index is 11.0. The lowest BCUT2D eigenvalue weighted by atomic mass is 10.2. The van der Waals surface area contributed by atoms with Gasteiger partial charge in [-0.3, -0.25) is 10.1 Å². The highest BCUT2D eigenvalue weighted by molar-refractivity contribution is 8.14. The molecule has 2 rings (SSSR count). The molecule has 1 heterocycles. The van der Waals surface area contributed by atoms with E-state index in [2.05, 4.69) is 4.99 Å². The first-order chi connectivity index (χ1) is 8.63. The minimum atomic E-state index is -0.474. The fourth-order valence-electron chi connectivity index (χ4n) is 1.63. The van der Waals surface area contributed by atoms with Crippen molar-refractivity contribution in [1.29, 1.82) is 5.26 Å². The number of hydrogen-bond donors (Lipinski definition) is 0. The Morgan fingerprint density at radius 1 is 1.61 bits per heavy atom. The summed E-state index contributed by atoms with van der Waals surface area (Å²) in [6.45, 7) is 0.562. The van der Waals surface area contributed by atoms with Crippen LogP contribution in [0.4, 0.5) is 11.4 Å². The second kappa shape index (κ2) is 5.25. The van der Waals surface area contributed by atoms with E-state index in [1.165, 1.54) is 30.0 Å². The molecular formula is C10H7ClN4O2S. The van der Waals surface area contributed by atoms with Crippen LogP contribution >= 0.6 is 23.4 Å². The van der Waals surface area contributed by atoms with E-state index < -0.39 is 4.92 Å². The number of nitriles is 1. The van der Waals surface area contributed by atoms with Gasteiger partial charge in [0.15, 0.2) is 5.17 Å². The molecule has 0 aromatic heterocycles. The molecule has 1 aliphatic heterocycles. The molecule has 1 saturated heterocycles. The molecule has 0 unspecified atom stereocenters. The van der Waals surface area contributed by atoms with E-state index >= 15 is 0 Å². The number of amidine groups is 1. The van der Waals surface area contributed by atoms with Crippen molar-refractivity contribution in [3.63, 3.8) is 0 Å². The molecule has 0 amide bonds. The second-order valence-electron chi connectivity index (χ2n) is 3.38. The summed E-state index contributed by atoms with van der Waals surface area (Å²) < 4.78 is 0. The summed E-state index contributed by atoms with van der Waals surface area (Å²) in [5.41, 5.74) is 0.319. The van der Waals surface area contributed by atoms with Crippen molar-refractivity contribution in [2.45, 2.75) is 0 Å². The Kier molecular flexibility index (Phi) is 3.69. The number of thioether (sulfide) groups is 1. The highest BCUT2D eigenvalue weighted by Crippen LogP contribution is 2.35. The van der Waals surface area contributed by atoms with Gasteiger partial charge in [0.1, 0.15) is 5.69 Å². The van der Waals surface area contributed by atoms with E-state index in [1.807, 2.05) is 0 Å². The van der Waals surface area contributed by atoms with Crippen molar-refractivity contribution >= 4 is 39.9 Å². The topological polar surface area (TPSA) is 82.5 Å². The number of hydrogen-bond acceptors (Lipinski definition) is 5. The third-order valence-corrected chi connectivity index (χ3v) is 3.54. The van der Waals surface area contributed by atoms with Crippen LogP contribution in [0, 0.1) is 21.6 Å². The molecule has 0 spiro atoms. The fraction of sp³-hybridized carbons (Fsp3) is 0.200. The van der Waals surface area contributed by atoms with Crippen LogP contribution in [0.15, 0.2) is 23.2 Å². The Balaban J connectivity index is 2.50. The number of aliphatic imine (C=N–C) groups is 1. The maximum absolute atomic E-state index is 11.0. The van der Waals surface area contributed by atoms with Crippen LogP contribution in [0.25, 0.3) is 0 Å². The van der Waals surface area contributed by atoms with Crippen molar-refractivity contribution < 1.29 is 4.92 Å². The predicted octanol–water partition coefficient (Wildman–Crippen LogP) is 2.64. The monoisotopic (exact) mass is 282 g/mol. The molecular weight excluding hydrogens is 276 g/mol. The quantitative estimate of drug-likeness (QED) is 0.473. The van der Waals surface area contributed by atoms with Gasteiger partial charge in [0.05, 0.1) is 4.92 Å². The zero-order chi connectivity index (χ0) is 13.1. The standard InChI is InChI=1S/C10H7ClN4O2S/c11-7-1-2-8(15(16)17)9(5-7)14-3-4-18-10(14)13-6-12/h1-2,5H,3-4H2.